The average molecular weight is 205 g/mol. The molecule has 78 valence electrons. The van der Waals surface area contributed by atoms with E-state index >= 15 is 0 Å². The van der Waals surface area contributed by atoms with Crippen molar-refractivity contribution in [2.24, 2.45) is 11.7 Å². The number of hydrogen-bond acceptors (Lipinski definition) is 4. The Kier molecular flexibility index (Phi) is 6.16. The van der Waals surface area contributed by atoms with Crippen molar-refractivity contribution in [1.29, 1.82) is 0 Å². The number of carbonyl (C=O) groups excluding carboxylic acids is 1. The second kappa shape index (κ2) is 6.27. The van der Waals surface area contributed by atoms with E-state index < -0.39 is 6.04 Å². The Bertz CT molecular complexity index is 162. The molecular weight excluding hydrogens is 186 g/mol. The summed E-state index contributed by atoms with van der Waals surface area (Å²) >= 11 is 1.69. The van der Waals surface area contributed by atoms with Crippen LogP contribution in [-0.2, 0) is 9.53 Å². The fourth-order valence-corrected chi connectivity index (χ4v) is 1.64. The normalized spacial score (nSPS) is 15.5. The van der Waals surface area contributed by atoms with Gasteiger partial charge in [-0.25, -0.2) is 0 Å². The van der Waals surface area contributed by atoms with Gasteiger partial charge in [-0.15, -0.1) is 0 Å². The topological polar surface area (TPSA) is 52.3 Å². The summed E-state index contributed by atoms with van der Waals surface area (Å²) in [5, 5.41) is 0. The van der Waals surface area contributed by atoms with Crippen LogP contribution >= 0.6 is 11.8 Å². The monoisotopic (exact) mass is 205 g/mol. The summed E-state index contributed by atoms with van der Waals surface area (Å²) in [5.74, 6) is 0.756. The molecule has 2 atom stereocenters. The molecular formula is C9H19NO2S. The van der Waals surface area contributed by atoms with Gasteiger partial charge in [0.25, 0.3) is 0 Å². The summed E-state index contributed by atoms with van der Waals surface area (Å²) in [4.78, 5) is 11.3. The molecule has 0 aliphatic carbocycles. The zero-order valence-electron chi connectivity index (χ0n) is 8.74. The fraction of sp³-hybridized carbons (Fsp3) is 0.889. The second-order valence-electron chi connectivity index (χ2n) is 3.44. The van der Waals surface area contributed by atoms with Gasteiger partial charge in [0.05, 0.1) is 6.10 Å². The maximum absolute atomic E-state index is 11.3. The lowest BCUT2D eigenvalue weighted by Gasteiger charge is -2.18. The van der Waals surface area contributed by atoms with Gasteiger partial charge in [0, 0.05) is 0 Å². The first-order chi connectivity index (χ1) is 5.99. The highest BCUT2D eigenvalue weighted by Gasteiger charge is 2.22. The number of thioether (sulfide) groups is 1. The van der Waals surface area contributed by atoms with Crippen molar-refractivity contribution in [2.75, 3.05) is 12.0 Å². The molecule has 0 radical (unpaired) electrons. The van der Waals surface area contributed by atoms with Gasteiger partial charge >= 0.3 is 5.97 Å². The molecule has 0 aliphatic heterocycles. The maximum Gasteiger partial charge on any atom is 0.323 e. The van der Waals surface area contributed by atoms with E-state index in [-0.39, 0.29) is 18.0 Å². The summed E-state index contributed by atoms with van der Waals surface area (Å²) in [7, 11) is 0. The molecule has 0 aliphatic rings. The Morgan fingerprint density at radius 1 is 1.46 bits per heavy atom. The molecule has 4 heteroatoms. The number of esters is 1. The van der Waals surface area contributed by atoms with Crippen molar-refractivity contribution in [3.05, 3.63) is 0 Å². The highest BCUT2D eigenvalue weighted by molar-refractivity contribution is 7.98. The molecule has 0 aromatic heterocycles. The Morgan fingerprint density at radius 2 is 2.00 bits per heavy atom. The Hall–Kier alpha value is -0.220. The van der Waals surface area contributed by atoms with Gasteiger partial charge in [-0.05, 0) is 31.8 Å². The quantitative estimate of drug-likeness (QED) is 0.687. The largest absolute Gasteiger partial charge is 0.462 e. The van der Waals surface area contributed by atoms with Gasteiger partial charge < -0.3 is 10.5 Å². The Labute approximate surface area is 84.4 Å². The molecule has 0 saturated carbocycles. The minimum Gasteiger partial charge on any atom is -0.462 e. The van der Waals surface area contributed by atoms with Crippen LogP contribution in [0.2, 0.25) is 0 Å². The number of rotatable bonds is 5. The van der Waals surface area contributed by atoms with Crippen LogP contribution in [0.25, 0.3) is 0 Å². The zero-order valence-corrected chi connectivity index (χ0v) is 9.56. The van der Waals surface area contributed by atoms with Crippen molar-refractivity contribution >= 4 is 17.7 Å². The van der Waals surface area contributed by atoms with Crippen LogP contribution in [0, 0.1) is 5.92 Å². The van der Waals surface area contributed by atoms with Gasteiger partial charge in [0.2, 0.25) is 0 Å². The first-order valence-corrected chi connectivity index (χ1v) is 5.83. The molecule has 13 heavy (non-hydrogen) atoms. The van der Waals surface area contributed by atoms with Crippen molar-refractivity contribution in [3.8, 4) is 0 Å². The SMILES string of the molecule is CSCC(C)C(N)C(=O)OC(C)C. The number of hydrogen-bond donors (Lipinski definition) is 1. The lowest BCUT2D eigenvalue weighted by molar-refractivity contribution is -0.150. The van der Waals surface area contributed by atoms with Gasteiger partial charge in [-0.1, -0.05) is 6.92 Å². The molecule has 0 spiro atoms. The van der Waals surface area contributed by atoms with Crippen LogP contribution in [0.3, 0.4) is 0 Å². The van der Waals surface area contributed by atoms with Gasteiger partial charge in [-0.3, -0.25) is 4.79 Å². The van der Waals surface area contributed by atoms with Crippen LogP contribution in [0.4, 0.5) is 0 Å². The molecule has 2 N–H and O–H groups in total. The standard InChI is InChI=1S/C9H19NO2S/c1-6(2)12-9(11)8(10)7(3)5-13-4/h6-8H,5,10H2,1-4H3. The van der Waals surface area contributed by atoms with Crippen LogP contribution < -0.4 is 5.73 Å². The summed E-state index contributed by atoms with van der Waals surface area (Å²) in [6, 6.07) is -0.491. The van der Waals surface area contributed by atoms with E-state index in [9.17, 15) is 4.79 Å². The summed E-state index contributed by atoms with van der Waals surface area (Å²) < 4.78 is 5.01. The molecule has 3 nitrogen and oxygen atoms in total. The lowest BCUT2D eigenvalue weighted by Crippen LogP contribution is -2.40. The van der Waals surface area contributed by atoms with Crippen molar-refractivity contribution < 1.29 is 9.53 Å². The molecule has 0 rings (SSSR count). The van der Waals surface area contributed by atoms with E-state index in [4.69, 9.17) is 10.5 Å². The van der Waals surface area contributed by atoms with Crippen molar-refractivity contribution in [3.63, 3.8) is 0 Å². The molecule has 0 aromatic carbocycles. The predicted molar refractivity (Wildman–Crippen MR) is 56.7 cm³/mol. The number of nitrogens with two attached hydrogens (primary N) is 1. The summed E-state index contributed by atoms with van der Waals surface area (Å²) in [5.41, 5.74) is 5.71. The van der Waals surface area contributed by atoms with Crippen LogP contribution in [0.15, 0.2) is 0 Å². The summed E-state index contributed by atoms with van der Waals surface area (Å²) in [6.45, 7) is 5.61. The van der Waals surface area contributed by atoms with Gasteiger partial charge in [-0.2, -0.15) is 11.8 Å². The van der Waals surface area contributed by atoms with E-state index in [1.54, 1.807) is 11.8 Å². The highest BCUT2D eigenvalue weighted by Crippen LogP contribution is 2.09. The van der Waals surface area contributed by atoms with E-state index in [1.807, 2.05) is 27.0 Å². The van der Waals surface area contributed by atoms with Crippen LogP contribution in [-0.4, -0.2) is 30.1 Å². The third-order valence-electron chi connectivity index (χ3n) is 1.67. The minimum atomic E-state index is -0.491. The molecule has 0 heterocycles. The fourth-order valence-electron chi connectivity index (χ4n) is 0.910. The zero-order chi connectivity index (χ0) is 10.4. The minimum absolute atomic E-state index is 0.0833. The van der Waals surface area contributed by atoms with Gasteiger partial charge in [0.1, 0.15) is 6.04 Å². The average Bonchev–Trinajstić information content (AvgIpc) is 2.02. The molecule has 0 aromatic rings. The van der Waals surface area contributed by atoms with E-state index in [1.165, 1.54) is 0 Å². The molecule has 0 saturated heterocycles. The van der Waals surface area contributed by atoms with Crippen LogP contribution in [0.1, 0.15) is 20.8 Å². The smallest absolute Gasteiger partial charge is 0.323 e. The van der Waals surface area contributed by atoms with E-state index in [0.717, 1.165) is 5.75 Å². The lowest BCUT2D eigenvalue weighted by atomic mass is 10.1. The van der Waals surface area contributed by atoms with Crippen LogP contribution in [0.5, 0.6) is 0 Å². The second-order valence-corrected chi connectivity index (χ2v) is 4.35. The number of ether oxygens (including phenoxy) is 1. The number of carbonyl (C=O) groups is 1. The predicted octanol–water partition coefficient (Wildman–Crippen LogP) is 1.26. The van der Waals surface area contributed by atoms with E-state index in [0.29, 0.717) is 0 Å². The van der Waals surface area contributed by atoms with Crippen molar-refractivity contribution in [2.45, 2.75) is 32.9 Å². The third kappa shape index (κ3) is 5.16. The first kappa shape index (κ1) is 12.8. The molecule has 0 fully saturated rings. The Balaban J connectivity index is 3.93. The third-order valence-corrected chi connectivity index (χ3v) is 2.53. The molecule has 0 bridgehead atoms. The molecule has 2 unspecified atom stereocenters. The first-order valence-electron chi connectivity index (χ1n) is 4.44. The maximum atomic E-state index is 11.3. The van der Waals surface area contributed by atoms with Gasteiger partial charge in [0.15, 0.2) is 0 Å². The van der Waals surface area contributed by atoms with E-state index in [2.05, 4.69) is 0 Å². The highest BCUT2D eigenvalue weighted by atomic mass is 32.2. The summed E-state index contributed by atoms with van der Waals surface area (Å²) in [6.07, 6.45) is 1.91. The van der Waals surface area contributed by atoms with Crippen molar-refractivity contribution in [1.82, 2.24) is 0 Å². The molecule has 0 amide bonds. The Morgan fingerprint density at radius 3 is 2.38 bits per heavy atom.